The van der Waals surface area contributed by atoms with Crippen molar-refractivity contribution in [3.8, 4) is 0 Å². The second-order valence-electron chi connectivity index (χ2n) is 14.9. The van der Waals surface area contributed by atoms with E-state index in [0.717, 1.165) is 24.3 Å². The van der Waals surface area contributed by atoms with Gasteiger partial charge in [0.1, 0.15) is 12.7 Å². The molecule has 1 unspecified atom stereocenters. The van der Waals surface area contributed by atoms with Crippen molar-refractivity contribution in [3.05, 3.63) is 0 Å². The van der Waals surface area contributed by atoms with E-state index in [1.807, 2.05) is 0 Å². The molecule has 0 heterocycles. The Bertz CT molecular complexity index is 586. The Morgan fingerprint density at radius 3 is 0.935 bits per heavy atom. The Labute approximate surface area is 295 Å². The molecule has 0 aromatic carbocycles. The summed E-state index contributed by atoms with van der Waals surface area (Å²) in [5, 5.41) is 20.2. The molecular weight excluding hydrogens is 585 g/mol. The van der Waals surface area contributed by atoms with E-state index in [0.29, 0.717) is 0 Å². The molecule has 0 saturated carbocycles. The molecule has 3 nitrogen and oxygen atoms in total. The summed E-state index contributed by atoms with van der Waals surface area (Å²) >= 11 is 6.06. The molecule has 0 aromatic rings. The Balaban J connectivity index is 4.94. The molecule has 0 spiro atoms. The van der Waals surface area contributed by atoms with Gasteiger partial charge in [-0.2, -0.15) is 0 Å². The van der Waals surface area contributed by atoms with Crippen LogP contribution in [0.1, 0.15) is 239 Å². The normalized spacial score (nSPS) is 12.5. The van der Waals surface area contributed by atoms with E-state index in [1.165, 1.54) is 199 Å². The van der Waals surface area contributed by atoms with Crippen molar-refractivity contribution in [2.24, 2.45) is 5.41 Å². The lowest BCUT2D eigenvalue weighted by atomic mass is 9.74. The zero-order valence-corrected chi connectivity index (χ0v) is 32.6. The number of aliphatic hydroxyl groups is 2. The second-order valence-corrected chi connectivity index (χ2v) is 15.2. The summed E-state index contributed by atoms with van der Waals surface area (Å²) in [7, 11) is 0. The lowest BCUT2D eigenvalue weighted by Gasteiger charge is -2.35. The fourth-order valence-corrected chi connectivity index (χ4v) is 7.46. The van der Waals surface area contributed by atoms with Gasteiger partial charge < -0.3 is 14.9 Å². The molecule has 0 aromatic heterocycles. The summed E-state index contributed by atoms with van der Waals surface area (Å²) < 4.78 is 6.12. The third kappa shape index (κ3) is 28.8. The lowest BCUT2D eigenvalue weighted by molar-refractivity contribution is 0.0439. The molecule has 276 valence electrons. The van der Waals surface area contributed by atoms with Crippen molar-refractivity contribution in [2.45, 2.75) is 245 Å². The maximum absolute atomic E-state index is 10.0. The molecule has 0 aliphatic rings. The zero-order valence-electron chi connectivity index (χ0n) is 31.7. The first-order chi connectivity index (χ1) is 22.6. The first kappa shape index (κ1) is 45.8. The standard InChI is InChI=1S/C42H84O3S/c1-4-7-10-13-16-19-22-25-28-31-34-37-42(41(46)45-39-40(44)38-43,35-32-29-26-23-20-17-14-11-8-5-2)36-33-30-27-24-21-18-15-12-9-6-3/h40,43-44H,4-39H2,1-3H3. The summed E-state index contributed by atoms with van der Waals surface area (Å²) in [4.78, 5) is 0. The summed E-state index contributed by atoms with van der Waals surface area (Å²) in [6.07, 6.45) is 44.4. The van der Waals surface area contributed by atoms with Gasteiger partial charge in [0.2, 0.25) is 0 Å². The molecular formula is C42H84O3S. The van der Waals surface area contributed by atoms with Crippen LogP contribution in [0.15, 0.2) is 0 Å². The predicted octanol–water partition coefficient (Wildman–Crippen LogP) is 14.0. The highest BCUT2D eigenvalue weighted by Crippen LogP contribution is 2.40. The fourth-order valence-electron chi connectivity index (χ4n) is 7.09. The summed E-state index contributed by atoms with van der Waals surface area (Å²) in [5.41, 5.74) is -0.0654. The number of unbranched alkanes of at least 4 members (excludes halogenated alkanes) is 28. The van der Waals surface area contributed by atoms with Crippen LogP contribution >= 0.6 is 12.2 Å². The van der Waals surface area contributed by atoms with Crippen molar-refractivity contribution >= 4 is 17.3 Å². The molecule has 0 saturated heterocycles. The Kier molecular flexibility index (Phi) is 36.0. The van der Waals surface area contributed by atoms with Gasteiger partial charge in [-0.1, -0.05) is 220 Å². The first-order valence-corrected chi connectivity index (χ1v) is 21.4. The molecule has 0 radical (unpaired) electrons. The van der Waals surface area contributed by atoms with Gasteiger partial charge in [-0.05, 0) is 31.5 Å². The predicted molar refractivity (Wildman–Crippen MR) is 208 cm³/mol. The second kappa shape index (κ2) is 36.1. The topological polar surface area (TPSA) is 49.7 Å². The van der Waals surface area contributed by atoms with Crippen molar-refractivity contribution in [3.63, 3.8) is 0 Å². The van der Waals surface area contributed by atoms with Gasteiger partial charge in [-0.15, -0.1) is 0 Å². The van der Waals surface area contributed by atoms with E-state index in [2.05, 4.69) is 20.8 Å². The van der Waals surface area contributed by atoms with Crippen LogP contribution in [-0.2, 0) is 4.74 Å². The van der Waals surface area contributed by atoms with Crippen LogP contribution in [-0.4, -0.2) is 34.6 Å². The highest BCUT2D eigenvalue weighted by atomic mass is 32.1. The molecule has 0 amide bonds. The minimum Gasteiger partial charge on any atom is -0.484 e. The van der Waals surface area contributed by atoms with Crippen LogP contribution in [0.4, 0.5) is 0 Å². The van der Waals surface area contributed by atoms with Crippen LogP contribution in [0.5, 0.6) is 0 Å². The van der Waals surface area contributed by atoms with E-state index in [9.17, 15) is 10.2 Å². The van der Waals surface area contributed by atoms with E-state index >= 15 is 0 Å². The van der Waals surface area contributed by atoms with Gasteiger partial charge in [-0.3, -0.25) is 0 Å². The molecule has 4 heteroatoms. The van der Waals surface area contributed by atoms with E-state index in [4.69, 9.17) is 17.0 Å². The quantitative estimate of drug-likeness (QED) is 0.0508. The molecule has 2 N–H and O–H groups in total. The monoisotopic (exact) mass is 669 g/mol. The van der Waals surface area contributed by atoms with Crippen molar-refractivity contribution in [2.75, 3.05) is 13.2 Å². The lowest BCUT2D eigenvalue weighted by Crippen LogP contribution is -2.34. The summed E-state index contributed by atoms with van der Waals surface area (Å²) in [6, 6.07) is 0. The maximum Gasteiger partial charge on any atom is 0.165 e. The number of thiocarbonyl (C=S) groups is 1. The SMILES string of the molecule is CCCCCCCCCCCCCC(CCCCCCCCCCCC)(CCCCCCCCCCCC)C(=S)OCC(O)CO. The fraction of sp³-hybridized carbons (Fsp3) is 0.976. The Morgan fingerprint density at radius 2 is 0.696 bits per heavy atom. The van der Waals surface area contributed by atoms with Crippen molar-refractivity contribution in [1.29, 1.82) is 0 Å². The number of aliphatic hydroxyl groups excluding tert-OH is 2. The van der Waals surface area contributed by atoms with Gasteiger partial charge >= 0.3 is 0 Å². The van der Waals surface area contributed by atoms with Crippen molar-refractivity contribution in [1.82, 2.24) is 0 Å². The number of rotatable bonds is 38. The minimum absolute atomic E-state index is 0.0654. The average Bonchev–Trinajstić information content (AvgIpc) is 3.07. The number of hydrogen-bond donors (Lipinski definition) is 2. The Hall–Kier alpha value is -0.190. The first-order valence-electron chi connectivity index (χ1n) is 21.0. The third-order valence-corrected chi connectivity index (χ3v) is 10.9. The van der Waals surface area contributed by atoms with E-state index in [1.54, 1.807) is 0 Å². The van der Waals surface area contributed by atoms with Crippen LogP contribution in [0.3, 0.4) is 0 Å². The minimum atomic E-state index is -0.854. The van der Waals surface area contributed by atoms with Gasteiger partial charge in [0.15, 0.2) is 5.05 Å². The summed E-state index contributed by atoms with van der Waals surface area (Å²) in [5.74, 6) is 0. The maximum atomic E-state index is 10.0. The molecule has 0 aliphatic heterocycles. The van der Waals surface area contributed by atoms with E-state index < -0.39 is 6.10 Å². The number of ether oxygens (including phenoxy) is 1. The molecule has 0 aliphatic carbocycles. The van der Waals surface area contributed by atoms with Crippen molar-refractivity contribution < 1.29 is 14.9 Å². The summed E-state index contributed by atoms with van der Waals surface area (Å²) in [6.45, 7) is 6.72. The van der Waals surface area contributed by atoms with Crippen LogP contribution in [0, 0.1) is 5.41 Å². The third-order valence-electron chi connectivity index (χ3n) is 10.3. The van der Waals surface area contributed by atoms with Gasteiger partial charge in [0.25, 0.3) is 0 Å². The van der Waals surface area contributed by atoms with Gasteiger partial charge in [0, 0.05) is 5.41 Å². The molecule has 0 bridgehead atoms. The smallest absolute Gasteiger partial charge is 0.165 e. The van der Waals surface area contributed by atoms with Crippen LogP contribution in [0.2, 0.25) is 0 Å². The highest BCUT2D eigenvalue weighted by molar-refractivity contribution is 7.80. The van der Waals surface area contributed by atoms with Crippen LogP contribution in [0.25, 0.3) is 0 Å². The highest BCUT2D eigenvalue weighted by Gasteiger charge is 2.35. The largest absolute Gasteiger partial charge is 0.484 e. The van der Waals surface area contributed by atoms with E-state index in [-0.39, 0.29) is 18.6 Å². The van der Waals surface area contributed by atoms with Crippen LogP contribution < -0.4 is 0 Å². The Morgan fingerprint density at radius 1 is 0.457 bits per heavy atom. The molecule has 1 atom stereocenters. The zero-order chi connectivity index (χ0) is 33.8. The molecule has 0 rings (SSSR count). The number of hydrogen-bond acceptors (Lipinski definition) is 4. The molecule has 0 fully saturated rings. The van der Waals surface area contributed by atoms with Gasteiger partial charge in [-0.25, -0.2) is 0 Å². The molecule has 46 heavy (non-hydrogen) atoms. The average molecular weight is 669 g/mol. The van der Waals surface area contributed by atoms with Gasteiger partial charge in [0.05, 0.1) is 6.61 Å².